The predicted molar refractivity (Wildman–Crippen MR) is 84.8 cm³/mol. The van der Waals surface area contributed by atoms with Crippen molar-refractivity contribution in [3.8, 4) is 0 Å². The van der Waals surface area contributed by atoms with Crippen LogP contribution in [-0.2, 0) is 26.7 Å². The highest BCUT2D eigenvalue weighted by molar-refractivity contribution is 8.05. The Hall–Kier alpha value is -1.52. The molecule has 3 N–H and O–H groups in total. The van der Waals surface area contributed by atoms with Gasteiger partial charge in [0.2, 0.25) is 4.08 Å². The first kappa shape index (κ1) is 17.8. The second kappa shape index (κ2) is 6.17. The third-order valence-corrected chi connectivity index (χ3v) is 7.32. The van der Waals surface area contributed by atoms with E-state index in [1.54, 1.807) is 24.3 Å². The van der Waals surface area contributed by atoms with Gasteiger partial charge in [0, 0.05) is 13.0 Å². The second-order valence-electron chi connectivity index (χ2n) is 5.09. The van der Waals surface area contributed by atoms with Crippen molar-refractivity contribution in [3.05, 3.63) is 53.6 Å². The second-order valence-corrected chi connectivity index (χ2v) is 8.71. The van der Waals surface area contributed by atoms with Crippen molar-refractivity contribution in [3.63, 3.8) is 0 Å². The fourth-order valence-electron chi connectivity index (χ4n) is 2.46. The first-order valence-electron chi connectivity index (χ1n) is 6.65. The van der Waals surface area contributed by atoms with Crippen molar-refractivity contribution in [2.24, 2.45) is 0 Å². The van der Waals surface area contributed by atoms with Gasteiger partial charge in [0.25, 0.3) is 20.2 Å². The number of hydrogen-bond donors (Lipinski definition) is 3. The monoisotopic (exact) mass is 360 g/mol. The number of aliphatic hydroxyl groups is 1. The molecule has 23 heavy (non-hydrogen) atoms. The predicted octanol–water partition coefficient (Wildman–Crippen LogP) is 1.04. The Morgan fingerprint density at radius 1 is 1.04 bits per heavy atom. The van der Waals surface area contributed by atoms with Crippen LogP contribution in [0.2, 0.25) is 0 Å². The fourth-order valence-corrected chi connectivity index (χ4v) is 4.59. The largest absolute Gasteiger partial charge is 0.396 e. The smallest absolute Gasteiger partial charge is 0.291 e. The topological polar surface area (TPSA) is 129 Å². The van der Waals surface area contributed by atoms with Gasteiger partial charge in [0.05, 0.1) is 0 Å². The molecular weight excluding hydrogens is 344 g/mol. The number of benzene rings is 1. The molecule has 1 aliphatic rings. The molecule has 126 valence electrons. The lowest BCUT2D eigenvalue weighted by Gasteiger charge is -2.26. The van der Waals surface area contributed by atoms with Gasteiger partial charge in [-0.1, -0.05) is 36.4 Å². The van der Waals surface area contributed by atoms with E-state index < -0.39 is 30.7 Å². The van der Waals surface area contributed by atoms with E-state index in [-0.39, 0.29) is 6.61 Å². The number of aliphatic hydroxyl groups excluding tert-OH is 1. The van der Waals surface area contributed by atoms with Gasteiger partial charge in [0.1, 0.15) is 0 Å². The maximum Gasteiger partial charge on any atom is 0.291 e. The molecule has 7 nitrogen and oxygen atoms in total. The number of hydrogen-bond acceptors (Lipinski definition) is 5. The minimum absolute atomic E-state index is 0.0754. The van der Waals surface area contributed by atoms with E-state index in [0.29, 0.717) is 17.6 Å². The van der Waals surface area contributed by atoms with Crippen LogP contribution >= 0.6 is 0 Å². The van der Waals surface area contributed by atoms with Crippen molar-refractivity contribution < 1.29 is 31.0 Å². The van der Waals surface area contributed by atoms with Gasteiger partial charge in [-0.2, -0.15) is 16.8 Å². The molecule has 0 unspecified atom stereocenters. The summed E-state index contributed by atoms with van der Waals surface area (Å²) in [5.41, 5.74) is 2.05. The molecule has 0 bridgehead atoms. The van der Waals surface area contributed by atoms with Gasteiger partial charge in [-0.05, 0) is 29.2 Å². The van der Waals surface area contributed by atoms with Crippen molar-refractivity contribution in [2.45, 2.75) is 16.9 Å². The first-order valence-corrected chi connectivity index (χ1v) is 9.53. The Labute approximate surface area is 134 Å². The third kappa shape index (κ3) is 3.24. The van der Waals surface area contributed by atoms with Crippen molar-refractivity contribution >= 4 is 25.8 Å². The molecule has 0 spiro atoms. The van der Waals surface area contributed by atoms with Crippen LogP contribution in [0, 0.1) is 0 Å². The molecule has 1 aromatic rings. The lowest BCUT2D eigenvalue weighted by atomic mass is 9.94. The first-order chi connectivity index (χ1) is 10.6. The Morgan fingerprint density at radius 3 is 2.13 bits per heavy atom. The Balaban J connectivity index is 2.49. The average Bonchev–Trinajstić information content (AvgIpc) is 2.46. The van der Waals surface area contributed by atoms with Crippen LogP contribution < -0.4 is 0 Å². The maximum absolute atomic E-state index is 11.5. The zero-order chi connectivity index (χ0) is 17.3. The van der Waals surface area contributed by atoms with Crippen LogP contribution in [0.1, 0.15) is 17.5 Å². The molecule has 0 heterocycles. The minimum atomic E-state index is -5.08. The molecule has 0 aromatic heterocycles. The quantitative estimate of drug-likeness (QED) is 0.669. The van der Waals surface area contributed by atoms with Crippen LogP contribution in [0.4, 0.5) is 0 Å². The molecule has 2 rings (SSSR count). The van der Waals surface area contributed by atoms with Gasteiger partial charge in [-0.25, -0.2) is 0 Å². The molecular formula is C14H16O7S2. The number of rotatable bonds is 5. The highest BCUT2D eigenvalue weighted by Crippen LogP contribution is 2.36. The molecule has 0 saturated heterocycles. The highest BCUT2D eigenvalue weighted by atomic mass is 32.3. The minimum Gasteiger partial charge on any atom is -0.396 e. The van der Waals surface area contributed by atoms with Crippen LogP contribution in [-0.4, -0.2) is 41.7 Å². The lowest BCUT2D eigenvalue weighted by Crippen LogP contribution is -2.44. The molecule has 1 aliphatic carbocycles. The SMILES string of the molecule is O=S(=O)(O)C1(S(=O)(=O)O)C=CC(c2ccccc2CCO)=CC1. The van der Waals surface area contributed by atoms with Gasteiger partial charge < -0.3 is 5.11 Å². The average molecular weight is 360 g/mol. The summed E-state index contributed by atoms with van der Waals surface area (Å²) in [6.07, 6.45) is 3.06. The van der Waals surface area contributed by atoms with Gasteiger partial charge in [-0.15, -0.1) is 0 Å². The third-order valence-electron chi connectivity index (χ3n) is 3.71. The van der Waals surface area contributed by atoms with Gasteiger partial charge in [-0.3, -0.25) is 9.11 Å². The van der Waals surface area contributed by atoms with Crippen LogP contribution in [0.15, 0.2) is 42.5 Å². The van der Waals surface area contributed by atoms with Gasteiger partial charge in [0.15, 0.2) is 0 Å². The summed E-state index contributed by atoms with van der Waals surface area (Å²) in [4.78, 5) is 0. The van der Waals surface area contributed by atoms with E-state index in [0.717, 1.165) is 11.6 Å². The van der Waals surface area contributed by atoms with E-state index in [4.69, 9.17) is 5.11 Å². The van der Waals surface area contributed by atoms with E-state index in [1.165, 1.54) is 12.2 Å². The van der Waals surface area contributed by atoms with E-state index in [2.05, 4.69) is 0 Å². The summed E-state index contributed by atoms with van der Waals surface area (Å²) in [5.74, 6) is 0. The van der Waals surface area contributed by atoms with E-state index in [1.807, 2.05) is 0 Å². The summed E-state index contributed by atoms with van der Waals surface area (Å²) in [6.45, 7) is -0.0754. The van der Waals surface area contributed by atoms with Crippen molar-refractivity contribution in [2.75, 3.05) is 6.61 Å². The summed E-state index contributed by atoms with van der Waals surface area (Å²) >= 11 is 0. The maximum atomic E-state index is 11.5. The molecule has 0 saturated carbocycles. The molecule has 0 amide bonds. The number of allylic oxidation sites excluding steroid dienone is 3. The van der Waals surface area contributed by atoms with E-state index >= 15 is 0 Å². The van der Waals surface area contributed by atoms with Crippen LogP contribution in [0.3, 0.4) is 0 Å². The Kier molecular flexibility index (Phi) is 4.79. The standard InChI is InChI=1S/C14H16O7S2/c15-10-7-11-3-1-2-4-13(11)12-5-8-14(9-6-12,22(16,17)18)23(19,20)21/h1-6,8,15H,7,9-10H2,(H,16,17,18)(H,19,20,21). The zero-order valence-corrected chi connectivity index (χ0v) is 13.6. The molecule has 0 fully saturated rings. The Bertz CT molecular complexity index is 832. The molecule has 1 aromatic carbocycles. The molecule has 0 radical (unpaired) electrons. The molecule has 0 aliphatic heterocycles. The lowest BCUT2D eigenvalue weighted by molar-refractivity contribution is 0.299. The Morgan fingerprint density at radius 2 is 1.65 bits per heavy atom. The summed E-state index contributed by atoms with van der Waals surface area (Å²) in [7, 11) is -10.2. The summed E-state index contributed by atoms with van der Waals surface area (Å²) < 4.78 is 61.6. The molecule has 0 atom stereocenters. The van der Waals surface area contributed by atoms with Crippen LogP contribution in [0.25, 0.3) is 5.57 Å². The van der Waals surface area contributed by atoms with Gasteiger partial charge >= 0.3 is 0 Å². The van der Waals surface area contributed by atoms with Crippen LogP contribution in [0.5, 0.6) is 0 Å². The van der Waals surface area contributed by atoms with Crippen molar-refractivity contribution in [1.29, 1.82) is 0 Å². The van der Waals surface area contributed by atoms with Crippen molar-refractivity contribution in [1.82, 2.24) is 0 Å². The highest BCUT2D eigenvalue weighted by Gasteiger charge is 2.52. The van der Waals surface area contributed by atoms with E-state index in [9.17, 15) is 25.9 Å². The fraction of sp³-hybridized carbons (Fsp3) is 0.286. The molecule has 9 heteroatoms. The summed E-state index contributed by atoms with van der Waals surface area (Å²) in [6, 6.07) is 7.06. The zero-order valence-electron chi connectivity index (χ0n) is 12.0. The summed E-state index contributed by atoms with van der Waals surface area (Å²) in [5, 5.41) is 9.08. The normalized spacial score (nSPS) is 17.8.